The lowest BCUT2D eigenvalue weighted by atomic mass is 10.0. The Balaban J connectivity index is 4.22. The van der Waals surface area contributed by atoms with Crippen molar-refractivity contribution < 1.29 is 38.2 Å². The number of carbonyl (C=O) groups excluding carboxylic acids is 2. The summed E-state index contributed by atoms with van der Waals surface area (Å²) in [5.41, 5.74) is 0. The first-order chi connectivity index (χ1) is 30.6. The molecule has 8 nitrogen and oxygen atoms in total. The zero-order valence-corrected chi connectivity index (χ0v) is 41.8. The maximum Gasteiger partial charge on any atom is 0.362 e. The number of quaternary nitrogens is 1. The molecule has 2 atom stereocenters. The second kappa shape index (κ2) is 45.8. The first-order valence-corrected chi connectivity index (χ1v) is 26.2. The van der Waals surface area contributed by atoms with Gasteiger partial charge < -0.3 is 23.8 Å². The van der Waals surface area contributed by atoms with E-state index in [1.807, 2.05) is 21.1 Å². The van der Waals surface area contributed by atoms with Gasteiger partial charge in [-0.3, -0.25) is 9.59 Å². The predicted octanol–water partition coefficient (Wildman–Crippen LogP) is 15.1. The maximum atomic E-state index is 12.8. The van der Waals surface area contributed by atoms with Crippen LogP contribution >= 0.6 is 0 Å². The predicted molar refractivity (Wildman–Crippen MR) is 266 cm³/mol. The van der Waals surface area contributed by atoms with E-state index in [2.05, 4.69) is 62.5 Å². The molecule has 0 fully saturated rings. The standard InChI is InChI=1S/C55H99NO7/c1-6-8-10-12-14-16-18-20-22-24-25-26-27-28-30-31-33-35-37-39-41-43-45-53(57)62-50-51(49-61-48-47-52(55(59)60)56(3,4)5)63-54(58)46-44-42-40-38-36-34-32-29-23-21-19-17-15-13-11-9-7-2/h9,11,15,17,21,23,32,34,51-52H,6-8,10,12-14,16,18-20,22,24-31,33,35-50H2,1-5H3/p+1/b11-9-,17-15-,23-21-,34-32-. The largest absolute Gasteiger partial charge is 0.477 e. The lowest BCUT2D eigenvalue weighted by Crippen LogP contribution is -2.50. The molecule has 0 saturated carbocycles. The van der Waals surface area contributed by atoms with Gasteiger partial charge in [-0.2, -0.15) is 0 Å². The van der Waals surface area contributed by atoms with Crippen LogP contribution in [0.2, 0.25) is 0 Å². The molecule has 0 amide bonds. The minimum absolute atomic E-state index is 0.0524. The van der Waals surface area contributed by atoms with Crippen LogP contribution in [0, 0.1) is 0 Å². The monoisotopic (exact) mass is 887 g/mol. The fourth-order valence-electron chi connectivity index (χ4n) is 7.73. The number of ether oxygens (including phenoxy) is 3. The van der Waals surface area contributed by atoms with E-state index in [0.717, 1.165) is 77.0 Å². The zero-order chi connectivity index (χ0) is 46.3. The summed E-state index contributed by atoms with van der Waals surface area (Å²) in [6.07, 6.45) is 56.0. The van der Waals surface area contributed by atoms with E-state index in [9.17, 15) is 19.5 Å². The molecule has 0 aliphatic rings. The van der Waals surface area contributed by atoms with E-state index in [0.29, 0.717) is 19.3 Å². The molecular formula is C55H100NO7+. The highest BCUT2D eigenvalue weighted by molar-refractivity contribution is 5.72. The molecule has 0 aliphatic carbocycles. The third kappa shape index (κ3) is 44.3. The second-order valence-electron chi connectivity index (χ2n) is 18.8. The Kier molecular flexibility index (Phi) is 43.9. The molecule has 63 heavy (non-hydrogen) atoms. The van der Waals surface area contributed by atoms with Crippen LogP contribution in [0.25, 0.3) is 0 Å². The molecule has 366 valence electrons. The number of hydrogen-bond acceptors (Lipinski definition) is 6. The Morgan fingerprint density at radius 2 is 0.889 bits per heavy atom. The minimum Gasteiger partial charge on any atom is -0.477 e. The Labute approximate surface area is 388 Å². The summed E-state index contributed by atoms with van der Waals surface area (Å²) in [7, 11) is 5.53. The number of carboxylic acids is 1. The number of likely N-dealkylation sites (N-methyl/N-ethyl adjacent to an activating group) is 1. The van der Waals surface area contributed by atoms with E-state index in [-0.39, 0.29) is 36.2 Å². The van der Waals surface area contributed by atoms with Crippen LogP contribution in [-0.4, -0.2) is 80.6 Å². The van der Waals surface area contributed by atoms with Gasteiger partial charge in [-0.15, -0.1) is 0 Å². The molecule has 0 aliphatic heterocycles. The summed E-state index contributed by atoms with van der Waals surface area (Å²) in [6.45, 7) is 4.63. The van der Waals surface area contributed by atoms with Gasteiger partial charge in [-0.25, -0.2) is 4.79 Å². The molecule has 0 spiro atoms. The van der Waals surface area contributed by atoms with Gasteiger partial charge in [0.1, 0.15) is 6.61 Å². The highest BCUT2D eigenvalue weighted by atomic mass is 16.6. The summed E-state index contributed by atoms with van der Waals surface area (Å²) < 4.78 is 17.3. The van der Waals surface area contributed by atoms with Crippen LogP contribution < -0.4 is 0 Å². The highest BCUT2D eigenvalue weighted by Crippen LogP contribution is 2.16. The number of hydrogen-bond donors (Lipinski definition) is 1. The molecule has 0 aromatic carbocycles. The Bertz CT molecular complexity index is 1170. The molecule has 0 aromatic heterocycles. The van der Waals surface area contributed by atoms with Gasteiger partial charge in [0, 0.05) is 19.3 Å². The fraction of sp³-hybridized carbons (Fsp3) is 0.800. The number of aliphatic carboxylic acids is 1. The summed E-state index contributed by atoms with van der Waals surface area (Å²) in [6, 6.07) is -0.620. The van der Waals surface area contributed by atoms with E-state index < -0.39 is 18.1 Å². The normalized spacial score (nSPS) is 13.2. The van der Waals surface area contributed by atoms with Gasteiger partial charge in [0.2, 0.25) is 0 Å². The maximum absolute atomic E-state index is 12.8. The van der Waals surface area contributed by atoms with Crippen molar-refractivity contribution in [3.63, 3.8) is 0 Å². The van der Waals surface area contributed by atoms with E-state index in [1.165, 1.54) is 122 Å². The minimum atomic E-state index is -0.878. The number of allylic oxidation sites excluding steroid dienone is 8. The Hall–Kier alpha value is -2.71. The number of unbranched alkanes of at least 4 members (excludes halogenated alkanes) is 25. The third-order valence-electron chi connectivity index (χ3n) is 11.7. The summed E-state index contributed by atoms with van der Waals surface area (Å²) >= 11 is 0. The number of esters is 2. The van der Waals surface area contributed by atoms with Crippen LogP contribution in [-0.2, 0) is 28.6 Å². The van der Waals surface area contributed by atoms with Crippen molar-refractivity contribution >= 4 is 17.9 Å². The molecule has 0 saturated heterocycles. The number of nitrogens with zero attached hydrogens (tertiary/aromatic N) is 1. The van der Waals surface area contributed by atoms with E-state index in [4.69, 9.17) is 14.2 Å². The lowest BCUT2D eigenvalue weighted by Gasteiger charge is -2.31. The van der Waals surface area contributed by atoms with Crippen molar-refractivity contribution in [3.8, 4) is 0 Å². The molecule has 0 radical (unpaired) electrons. The van der Waals surface area contributed by atoms with E-state index >= 15 is 0 Å². The topological polar surface area (TPSA) is 99.1 Å². The van der Waals surface area contributed by atoms with Crippen molar-refractivity contribution in [1.29, 1.82) is 0 Å². The third-order valence-corrected chi connectivity index (χ3v) is 11.7. The summed E-state index contributed by atoms with van der Waals surface area (Å²) in [5, 5.41) is 9.65. The van der Waals surface area contributed by atoms with Crippen molar-refractivity contribution in [2.75, 3.05) is 41.0 Å². The molecule has 0 aromatic rings. The van der Waals surface area contributed by atoms with Gasteiger partial charge in [-0.1, -0.05) is 210 Å². The van der Waals surface area contributed by atoms with Crippen molar-refractivity contribution in [2.45, 2.75) is 244 Å². The molecule has 2 unspecified atom stereocenters. The van der Waals surface area contributed by atoms with Gasteiger partial charge in [0.15, 0.2) is 12.1 Å². The van der Waals surface area contributed by atoms with Gasteiger partial charge in [-0.05, 0) is 51.4 Å². The van der Waals surface area contributed by atoms with Crippen LogP contribution in [0.4, 0.5) is 0 Å². The van der Waals surface area contributed by atoms with E-state index in [1.54, 1.807) is 0 Å². The first kappa shape index (κ1) is 60.3. The quantitative estimate of drug-likeness (QED) is 0.0281. The average molecular weight is 887 g/mol. The van der Waals surface area contributed by atoms with Crippen molar-refractivity contribution in [3.05, 3.63) is 48.6 Å². The molecule has 1 N–H and O–H groups in total. The summed E-state index contributed by atoms with van der Waals surface area (Å²) in [5.74, 6) is -1.49. The highest BCUT2D eigenvalue weighted by Gasteiger charge is 2.31. The Morgan fingerprint density at radius 1 is 0.492 bits per heavy atom. The van der Waals surface area contributed by atoms with Crippen molar-refractivity contribution in [2.24, 2.45) is 0 Å². The number of carboxylic acid groups (broad SMARTS) is 1. The molecule has 0 rings (SSSR count). The number of carbonyl (C=O) groups is 3. The second-order valence-corrected chi connectivity index (χ2v) is 18.8. The van der Waals surface area contributed by atoms with Crippen LogP contribution in [0.15, 0.2) is 48.6 Å². The van der Waals surface area contributed by atoms with Crippen LogP contribution in [0.5, 0.6) is 0 Å². The van der Waals surface area contributed by atoms with Gasteiger partial charge in [0.05, 0.1) is 34.4 Å². The molecular weight excluding hydrogens is 787 g/mol. The number of rotatable bonds is 47. The van der Waals surface area contributed by atoms with Crippen LogP contribution in [0.1, 0.15) is 232 Å². The molecule has 8 heteroatoms. The lowest BCUT2D eigenvalue weighted by molar-refractivity contribution is -0.887. The molecule has 0 heterocycles. The average Bonchev–Trinajstić information content (AvgIpc) is 3.24. The summed E-state index contributed by atoms with van der Waals surface area (Å²) in [4.78, 5) is 37.2. The Morgan fingerprint density at radius 3 is 1.32 bits per heavy atom. The fourth-order valence-corrected chi connectivity index (χ4v) is 7.73. The van der Waals surface area contributed by atoms with Gasteiger partial charge >= 0.3 is 17.9 Å². The molecule has 0 bridgehead atoms. The smallest absolute Gasteiger partial charge is 0.362 e. The van der Waals surface area contributed by atoms with Crippen LogP contribution in [0.3, 0.4) is 0 Å². The first-order valence-electron chi connectivity index (χ1n) is 26.2. The SMILES string of the molecule is CC/C=C\C/C=C\C/C=C\C/C=C\CCCCCCC(=O)OC(COCCC(C(=O)O)[N+](C)(C)C)COC(=O)CCCCCCCCCCCCCCCCCCCCCCCC. The van der Waals surface area contributed by atoms with Gasteiger partial charge in [0.25, 0.3) is 0 Å². The zero-order valence-electron chi connectivity index (χ0n) is 41.8. The van der Waals surface area contributed by atoms with Crippen molar-refractivity contribution in [1.82, 2.24) is 0 Å².